The molecule has 88 valence electrons. The molecule has 0 saturated heterocycles. The Morgan fingerprint density at radius 1 is 1.31 bits per heavy atom. The number of hydrogen-bond donors (Lipinski definition) is 1. The van der Waals surface area contributed by atoms with Crippen LogP contribution in [0.25, 0.3) is 0 Å². The summed E-state index contributed by atoms with van der Waals surface area (Å²) in [5.74, 6) is 1.21. The van der Waals surface area contributed by atoms with Gasteiger partial charge in [0.1, 0.15) is 0 Å². The van der Waals surface area contributed by atoms with Gasteiger partial charge in [0.2, 0.25) is 0 Å². The molecule has 3 heteroatoms. The fourth-order valence-electron chi connectivity index (χ4n) is 2.19. The summed E-state index contributed by atoms with van der Waals surface area (Å²) in [5.41, 5.74) is 4.29. The number of nitrogens with zero attached hydrogens (tertiary/aromatic N) is 1. The van der Waals surface area contributed by atoms with Gasteiger partial charge in [-0.1, -0.05) is 12.1 Å². The second-order valence-electron chi connectivity index (χ2n) is 4.32. The van der Waals surface area contributed by atoms with E-state index in [9.17, 15) is 0 Å². The van der Waals surface area contributed by atoms with E-state index in [-0.39, 0.29) is 0 Å². The zero-order valence-corrected chi connectivity index (χ0v) is 11.2. The molecule has 1 aromatic carbocycles. The fraction of sp³-hybridized carbons (Fsp3) is 0.538. The molecule has 0 unspecified atom stereocenters. The first-order chi connectivity index (χ1) is 7.74. The van der Waals surface area contributed by atoms with Gasteiger partial charge in [-0.05, 0) is 32.0 Å². The Bertz CT molecular complexity index is 376. The van der Waals surface area contributed by atoms with Crippen LogP contribution in [0, 0.1) is 13.8 Å². The summed E-state index contributed by atoms with van der Waals surface area (Å²) in [7, 11) is 2.02. The van der Waals surface area contributed by atoms with E-state index in [1.165, 1.54) is 34.0 Å². The highest BCUT2D eigenvalue weighted by molar-refractivity contribution is 7.99. The summed E-state index contributed by atoms with van der Waals surface area (Å²) in [6, 6.07) is 4.48. The quantitative estimate of drug-likeness (QED) is 0.868. The molecule has 1 heterocycles. The number of likely N-dealkylation sites (N-methyl/N-ethyl adjacent to an activating group) is 1. The first kappa shape index (κ1) is 11.8. The third kappa shape index (κ3) is 2.20. The van der Waals surface area contributed by atoms with Crippen LogP contribution >= 0.6 is 11.8 Å². The number of fused-ring (bicyclic) bond motifs is 1. The maximum atomic E-state index is 3.23. The Kier molecular flexibility index (Phi) is 3.77. The topological polar surface area (TPSA) is 15.3 Å². The predicted molar refractivity (Wildman–Crippen MR) is 72.8 cm³/mol. The summed E-state index contributed by atoms with van der Waals surface area (Å²) in [5, 5.41) is 3.23. The SMILES string of the molecule is CNCCN1CCSc2c(C)ccc(C)c21. The molecule has 0 bridgehead atoms. The van der Waals surface area contributed by atoms with Crippen LogP contribution in [-0.4, -0.2) is 32.4 Å². The van der Waals surface area contributed by atoms with Gasteiger partial charge in [0, 0.05) is 30.3 Å². The van der Waals surface area contributed by atoms with E-state index in [4.69, 9.17) is 0 Å². The van der Waals surface area contributed by atoms with Crippen molar-refractivity contribution in [2.75, 3.05) is 37.3 Å². The maximum Gasteiger partial charge on any atom is 0.0537 e. The summed E-state index contributed by atoms with van der Waals surface area (Å²) in [6.45, 7) is 7.76. The third-order valence-corrected chi connectivity index (χ3v) is 4.28. The lowest BCUT2D eigenvalue weighted by Gasteiger charge is -2.33. The average Bonchev–Trinajstić information content (AvgIpc) is 2.31. The van der Waals surface area contributed by atoms with Gasteiger partial charge < -0.3 is 10.2 Å². The summed E-state index contributed by atoms with van der Waals surface area (Å²) < 4.78 is 0. The molecule has 2 rings (SSSR count). The Morgan fingerprint density at radius 3 is 2.81 bits per heavy atom. The van der Waals surface area contributed by atoms with Gasteiger partial charge in [-0.15, -0.1) is 11.8 Å². The van der Waals surface area contributed by atoms with E-state index in [2.05, 4.69) is 36.2 Å². The molecule has 1 N–H and O–H groups in total. The number of benzene rings is 1. The number of hydrogen-bond acceptors (Lipinski definition) is 3. The van der Waals surface area contributed by atoms with Crippen molar-refractivity contribution in [1.29, 1.82) is 0 Å². The van der Waals surface area contributed by atoms with Gasteiger partial charge >= 0.3 is 0 Å². The van der Waals surface area contributed by atoms with Gasteiger partial charge in [0.15, 0.2) is 0 Å². The lowest BCUT2D eigenvalue weighted by atomic mass is 10.1. The Labute approximate surface area is 102 Å². The molecule has 0 fully saturated rings. The number of rotatable bonds is 3. The summed E-state index contributed by atoms with van der Waals surface area (Å²) in [4.78, 5) is 4.01. The highest BCUT2D eigenvalue weighted by Crippen LogP contribution is 2.39. The molecule has 0 aromatic heterocycles. The molecule has 1 aliphatic rings. The monoisotopic (exact) mass is 236 g/mol. The molecule has 0 spiro atoms. The largest absolute Gasteiger partial charge is 0.368 e. The van der Waals surface area contributed by atoms with Crippen molar-refractivity contribution in [2.24, 2.45) is 0 Å². The van der Waals surface area contributed by atoms with Crippen molar-refractivity contribution in [3.63, 3.8) is 0 Å². The Morgan fingerprint density at radius 2 is 2.06 bits per heavy atom. The lowest BCUT2D eigenvalue weighted by molar-refractivity contribution is 0.728. The van der Waals surface area contributed by atoms with Crippen molar-refractivity contribution in [2.45, 2.75) is 18.7 Å². The number of aryl methyl sites for hydroxylation is 2. The van der Waals surface area contributed by atoms with Crippen LogP contribution in [-0.2, 0) is 0 Å². The first-order valence-electron chi connectivity index (χ1n) is 5.86. The van der Waals surface area contributed by atoms with E-state index in [1.807, 2.05) is 18.8 Å². The minimum absolute atomic E-state index is 1.05. The molecule has 0 aliphatic carbocycles. The Hall–Kier alpha value is -0.670. The zero-order chi connectivity index (χ0) is 11.5. The minimum Gasteiger partial charge on any atom is -0.368 e. The predicted octanol–water partition coefficient (Wildman–Crippen LogP) is 2.43. The molecular formula is C13H20N2S. The highest BCUT2D eigenvalue weighted by Gasteiger charge is 2.20. The number of thioether (sulfide) groups is 1. The number of nitrogens with one attached hydrogen (secondary N) is 1. The standard InChI is InChI=1S/C13H20N2S/c1-10-4-5-11(2)13-12(10)15(7-6-14-3)8-9-16-13/h4-5,14H,6-9H2,1-3H3. The molecule has 1 aliphatic heterocycles. The molecule has 0 amide bonds. The first-order valence-corrected chi connectivity index (χ1v) is 6.85. The molecular weight excluding hydrogens is 216 g/mol. The molecule has 0 atom stereocenters. The molecule has 1 aromatic rings. The molecule has 0 saturated carbocycles. The number of anilines is 1. The van der Waals surface area contributed by atoms with Gasteiger partial charge in [-0.2, -0.15) is 0 Å². The van der Waals surface area contributed by atoms with Crippen LogP contribution in [0.3, 0.4) is 0 Å². The van der Waals surface area contributed by atoms with E-state index >= 15 is 0 Å². The third-order valence-electron chi connectivity index (χ3n) is 3.09. The van der Waals surface area contributed by atoms with E-state index in [1.54, 1.807) is 0 Å². The van der Waals surface area contributed by atoms with Crippen molar-refractivity contribution in [3.05, 3.63) is 23.3 Å². The summed E-state index contributed by atoms with van der Waals surface area (Å²) in [6.07, 6.45) is 0. The van der Waals surface area contributed by atoms with Gasteiger partial charge in [0.25, 0.3) is 0 Å². The van der Waals surface area contributed by atoms with Crippen LogP contribution in [0.2, 0.25) is 0 Å². The van der Waals surface area contributed by atoms with Crippen LogP contribution in [0.4, 0.5) is 5.69 Å². The smallest absolute Gasteiger partial charge is 0.0537 e. The lowest BCUT2D eigenvalue weighted by Crippen LogP contribution is -2.35. The van der Waals surface area contributed by atoms with Crippen molar-refractivity contribution in [3.8, 4) is 0 Å². The van der Waals surface area contributed by atoms with Gasteiger partial charge in [-0.25, -0.2) is 0 Å². The van der Waals surface area contributed by atoms with Crippen LogP contribution in [0.15, 0.2) is 17.0 Å². The van der Waals surface area contributed by atoms with Gasteiger partial charge in [-0.3, -0.25) is 0 Å². The fourth-order valence-corrected chi connectivity index (χ4v) is 3.42. The maximum absolute atomic E-state index is 3.23. The van der Waals surface area contributed by atoms with E-state index in [0.29, 0.717) is 0 Å². The average molecular weight is 236 g/mol. The summed E-state index contributed by atoms with van der Waals surface area (Å²) >= 11 is 2.00. The normalized spacial score (nSPS) is 15.1. The van der Waals surface area contributed by atoms with Gasteiger partial charge in [0.05, 0.1) is 5.69 Å². The van der Waals surface area contributed by atoms with Crippen LogP contribution in [0.1, 0.15) is 11.1 Å². The highest BCUT2D eigenvalue weighted by atomic mass is 32.2. The second-order valence-corrected chi connectivity index (χ2v) is 5.42. The second kappa shape index (κ2) is 5.11. The minimum atomic E-state index is 1.05. The van der Waals surface area contributed by atoms with E-state index < -0.39 is 0 Å². The molecule has 0 radical (unpaired) electrons. The van der Waals surface area contributed by atoms with Crippen LogP contribution < -0.4 is 10.2 Å². The Balaban J connectivity index is 2.33. The van der Waals surface area contributed by atoms with Crippen LogP contribution in [0.5, 0.6) is 0 Å². The van der Waals surface area contributed by atoms with E-state index in [0.717, 1.165) is 13.1 Å². The zero-order valence-electron chi connectivity index (χ0n) is 10.3. The van der Waals surface area contributed by atoms with Crippen molar-refractivity contribution < 1.29 is 0 Å². The molecule has 2 nitrogen and oxygen atoms in total. The molecule has 16 heavy (non-hydrogen) atoms. The van der Waals surface area contributed by atoms with Crippen molar-refractivity contribution in [1.82, 2.24) is 5.32 Å². The van der Waals surface area contributed by atoms with Crippen molar-refractivity contribution >= 4 is 17.4 Å².